The van der Waals surface area contributed by atoms with Crippen molar-refractivity contribution < 1.29 is 0 Å². The van der Waals surface area contributed by atoms with Gasteiger partial charge in [-0.2, -0.15) is 10.5 Å². The Morgan fingerprint density at radius 1 is 0.889 bits per heavy atom. The van der Waals surface area contributed by atoms with Gasteiger partial charge in [0.05, 0.1) is 23.3 Å². The first-order chi connectivity index (χ1) is 8.83. The van der Waals surface area contributed by atoms with E-state index in [1.807, 2.05) is 36.4 Å². The second kappa shape index (κ2) is 5.48. The van der Waals surface area contributed by atoms with Crippen LogP contribution in [-0.2, 0) is 0 Å². The number of hydrogen-bond donors (Lipinski definition) is 0. The van der Waals surface area contributed by atoms with Crippen molar-refractivity contribution in [3.8, 4) is 12.1 Å². The number of hydrogen-bond acceptors (Lipinski definition) is 2. The van der Waals surface area contributed by atoms with Crippen LogP contribution >= 0.6 is 0 Å². The van der Waals surface area contributed by atoms with E-state index in [2.05, 4.69) is 12.1 Å². The van der Waals surface area contributed by atoms with E-state index < -0.39 is 0 Å². The van der Waals surface area contributed by atoms with Gasteiger partial charge in [0.15, 0.2) is 0 Å². The van der Waals surface area contributed by atoms with Crippen LogP contribution in [0.3, 0.4) is 0 Å². The number of rotatable bonds is 2. The summed E-state index contributed by atoms with van der Waals surface area (Å²) >= 11 is 0. The molecule has 0 aliphatic carbocycles. The van der Waals surface area contributed by atoms with Gasteiger partial charge >= 0.3 is 0 Å². The van der Waals surface area contributed by atoms with Crippen LogP contribution in [0.25, 0.3) is 11.6 Å². The first kappa shape index (κ1) is 11.6. The molecule has 0 saturated carbocycles. The van der Waals surface area contributed by atoms with Crippen LogP contribution in [0.2, 0.25) is 0 Å². The second-order valence-corrected chi connectivity index (χ2v) is 3.77. The molecule has 0 atom stereocenters. The molecule has 0 unspecified atom stereocenters. The fourth-order valence-corrected chi connectivity index (χ4v) is 1.62. The molecule has 0 amide bonds. The van der Waals surface area contributed by atoms with Gasteiger partial charge in [0.1, 0.15) is 0 Å². The number of benzene rings is 2. The lowest BCUT2D eigenvalue weighted by atomic mass is 10.0. The van der Waals surface area contributed by atoms with Crippen LogP contribution in [0, 0.1) is 22.7 Å². The lowest BCUT2D eigenvalue weighted by Crippen LogP contribution is -1.83. The molecule has 2 rings (SSSR count). The molecule has 0 heterocycles. The molecule has 2 nitrogen and oxygen atoms in total. The predicted octanol–water partition coefficient (Wildman–Crippen LogP) is 3.62. The van der Waals surface area contributed by atoms with Crippen LogP contribution in [0.5, 0.6) is 0 Å². The molecule has 0 N–H and O–H groups in total. The van der Waals surface area contributed by atoms with Crippen LogP contribution in [0.1, 0.15) is 16.7 Å². The summed E-state index contributed by atoms with van der Waals surface area (Å²) in [6.07, 6.45) is 1.83. The lowest BCUT2D eigenvalue weighted by molar-refractivity contribution is 1.47. The van der Waals surface area contributed by atoms with Crippen LogP contribution in [0.15, 0.2) is 54.6 Å². The topological polar surface area (TPSA) is 47.6 Å². The van der Waals surface area contributed by atoms with Gasteiger partial charge in [0.2, 0.25) is 0 Å². The minimum Gasteiger partial charge on any atom is -0.192 e. The van der Waals surface area contributed by atoms with Gasteiger partial charge in [0, 0.05) is 0 Å². The van der Waals surface area contributed by atoms with Crippen LogP contribution < -0.4 is 0 Å². The summed E-state index contributed by atoms with van der Waals surface area (Å²) in [5.41, 5.74) is 2.99. The van der Waals surface area contributed by atoms with Crippen molar-refractivity contribution in [1.29, 1.82) is 10.5 Å². The summed E-state index contributed by atoms with van der Waals surface area (Å²) in [6.45, 7) is 0. The van der Waals surface area contributed by atoms with Crippen molar-refractivity contribution in [2.75, 3.05) is 0 Å². The fourth-order valence-electron chi connectivity index (χ4n) is 1.62. The Hall–Kier alpha value is -2.84. The van der Waals surface area contributed by atoms with Crippen molar-refractivity contribution in [2.24, 2.45) is 0 Å². The maximum Gasteiger partial charge on any atom is 0.0998 e. The first-order valence-corrected chi connectivity index (χ1v) is 5.51. The summed E-state index contributed by atoms with van der Waals surface area (Å²) in [6, 6.07) is 20.9. The Balaban J connectivity index is 2.38. The molecule has 0 fully saturated rings. The zero-order valence-corrected chi connectivity index (χ0v) is 9.67. The van der Waals surface area contributed by atoms with E-state index in [9.17, 15) is 5.26 Å². The second-order valence-electron chi connectivity index (χ2n) is 3.77. The molecule has 0 radical (unpaired) electrons. The van der Waals surface area contributed by atoms with Crippen molar-refractivity contribution in [1.82, 2.24) is 0 Å². The lowest BCUT2D eigenvalue weighted by Gasteiger charge is -1.99. The molecule has 0 spiro atoms. The molecule has 84 valence electrons. The molecular formula is C16H10N2. The average Bonchev–Trinajstić information content (AvgIpc) is 2.46. The quantitative estimate of drug-likeness (QED) is 0.584. The first-order valence-electron chi connectivity index (χ1n) is 5.51. The number of nitriles is 2. The Morgan fingerprint density at radius 2 is 1.56 bits per heavy atom. The van der Waals surface area contributed by atoms with Gasteiger partial charge < -0.3 is 0 Å². The molecule has 0 aromatic heterocycles. The highest BCUT2D eigenvalue weighted by molar-refractivity contribution is 5.89. The molecule has 0 aliphatic heterocycles. The third-order valence-corrected chi connectivity index (χ3v) is 2.56. The summed E-state index contributed by atoms with van der Waals surface area (Å²) in [7, 11) is 0. The highest BCUT2D eigenvalue weighted by atomic mass is 14.3. The molecule has 2 heteroatoms. The maximum absolute atomic E-state index is 9.18. The monoisotopic (exact) mass is 230 g/mol. The smallest absolute Gasteiger partial charge is 0.0998 e. The van der Waals surface area contributed by atoms with E-state index >= 15 is 0 Å². The average molecular weight is 230 g/mol. The van der Waals surface area contributed by atoms with E-state index in [1.165, 1.54) is 0 Å². The van der Waals surface area contributed by atoms with E-state index in [0.717, 1.165) is 11.1 Å². The van der Waals surface area contributed by atoms with Crippen molar-refractivity contribution in [3.63, 3.8) is 0 Å². The summed E-state index contributed by atoms with van der Waals surface area (Å²) in [4.78, 5) is 0. The standard InChI is InChI=1S/C16H10N2/c17-11-14-6-8-15(9-7-14)16(12-18)10-13-4-2-1-3-5-13/h1-10H. The van der Waals surface area contributed by atoms with Gasteiger partial charge in [0.25, 0.3) is 0 Å². The fraction of sp³-hybridized carbons (Fsp3) is 0. The van der Waals surface area contributed by atoms with Crippen molar-refractivity contribution in [3.05, 3.63) is 71.3 Å². The Morgan fingerprint density at radius 3 is 2.11 bits per heavy atom. The highest BCUT2D eigenvalue weighted by Crippen LogP contribution is 2.18. The van der Waals surface area contributed by atoms with Crippen LogP contribution in [0.4, 0.5) is 0 Å². The van der Waals surface area contributed by atoms with Gasteiger partial charge in [-0.05, 0) is 29.3 Å². The molecule has 0 saturated heterocycles. The Bertz CT molecular complexity index is 638. The molecule has 0 aliphatic rings. The number of allylic oxidation sites excluding steroid dienone is 1. The zero-order valence-electron chi connectivity index (χ0n) is 9.67. The zero-order chi connectivity index (χ0) is 12.8. The number of nitrogens with zero attached hydrogens (tertiary/aromatic N) is 2. The van der Waals surface area contributed by atoms with Gasteiger partial charge in [-0.25, -0.2) is 0 Å². The molecular weight excluding hydrogens is 220 g/mol. The third-order valence-electron chi connectivity index (χ3n) is 2.56. The Labute approximate surface area is 106 Å². The largest absolute Gasteiger partial charge is 0.192 e. The molecule has 0 bridgehead atoms. The summed E-state index contributed by atoms with van der Waals surface area (Å²) < 4.78 is 0. The minimum atomic E-state index is 0.589. The van der Waals surface area contributed by atoms with E-state index in [1.54, 1.807) is 24.3 Å². The summed E-state index contributed by atoms with van der Waals surface area (Å²) in [5, 5.41) is 17.9. The molecule has 2 aromatic carbocycles. The van der Waals surface area contributed by atoms with E-state index in [-0.39, 0.29) is 0 Å². The maximum atomic E-state index is 9.18. The normalized spacial score (nSPS) is 10.4. The van der Waals surface area contributed by atoms with E-state index in [0.29, 0.717) is 11.1 Å². The molecule has 2 aromatic rings. The Kier molecular flexibility index (Phi) is 3.54. The van der Waals surface area contributed by atoms with Crippen molar-refractivity contribution >= 4 is 11.6 Å². The van der Waals surface area contributed by atoms with Gasteiger partial charge in [-0.15, -0.1) is 0 Å². The van der Waals surface area contributed by atoms with Gasteiger partial charge in [-0.1, -0.05) is 42.5 Å². The predicted molar refractivity (Wildman–Crippen MR) is 71.1 cm³/mol. The van der Waals surface area contributed by atoms with Gasteiger partial charge in [-0.3, -0.25) is 0 Å². The summed E-state index contributed by atoms with van der Waals surface area (Å²) in [5.74, 6) is 0. The van der Waals surface area contributed by atoms with Crippen molar-refractivity contribution in [2.45, 2.75) is 0 Å². The molecule has 18 heavy (non-hydrogen) atoms. The van der Waals surface area contributed by atoms with E-state index in [4.69, 9.17) is 5.26 Å². The van der Waals surface area contributed by atoms with Crippen LogP contribution in [-0.4, -0.2) is 0 Å². The SMILES string of the molecule is N#CC(=Cc1ccccc1)c1ccc(C#N)cc1. The highest BCUT2D eigenvalue weighted by Gasteiger charge is 2.01. The minimum absolute atomic E-state index is 0.589. The third kappa shape index (κ3) is 2.64.